The molecule has 0 fully saturated rings. The number of halogens is 1. The average molecular weight is 268 g/mol. The van der Waals surface area contributed by atoms with Crippen molar-refractivity contribution in [3.05, 3.63) is 30.1 Å². The first-order chi connectivity index (χ1) is 8.78. The minimum absolute atomic E-state index is 0.0240. The maximum Gasteiger partial charge on any atom is 0.319 e. The third kappa shape index (κ3) is 5.85. The topological polar surface area (TPSA) is 78.4 Å². The van der Waals surface area contributed by atoms with Crippen molar-refractivity contribution in [1.29, 1.82) is 0 Å². The number of carboxylic acid groups (broad SMARTS) is 1. The molecule has 0 bridgehead atoms. The summed E-state index contributed by atoms with van der Waals surface area (Å²) in [7, 11) is 0. The van der Waals surface area contributed by atoms with Crippen molar-refractivity contribution in [1.82, 2.24) is 5.32 Å². The fourth-order valence-electron chi connectivity index (χ4n) is 1.48. The predicted octanol–water partition coefficient (Wildman–Crippen LogP) is 2.59. The number of aliphatic carboxylic acids is 1. The Bertz CT molecular complexity index is 457. The van der Waals surface area contributed by atoms with Gasteiger partial charge in [0.1, 0.15) is 5.82 Å². The smallest absolute Gasteiger partial charge is 0.319 e. The zero-order valence-corrected chi connectivity index (χ0v) is 10.9. The van der Waals surface area contributed by atoms with E-state index in [0.29, 0.717) is 12.1 Å². The Morgan fingerprint density at radius 3 is 2.37 bits per heavy atom. The molecule has 0 heterocycles. The number of benzene rings is 1. The van der Waals surface area contributed by atoms with E-state index in [2.05, 4.69) is 10.6 Å². The lowest BCUT2D eigenvalue weighted by Gasteiger charge is -2.25. The van der Waals surface area contributed by atoms with Gasteiger partial charge in [-0.2, -0.15) is 0 Å². The van der Waals surface area contributed by atoms with E-state index in [4.69, 9.17) is 5.11 Å². The Hall–Kier alpha value is -2.11. The highest BCUT2D eigenvalue weighted by molar-refractivity contribution is 5.89. The van der Waals surface area contributed by atoms with Crippen LogP contribution in [-0.2, 0) is 4.79 Å². The summed E-state index contributed by atoms with van der Waals surface area (Å²) in [6, 6.07) is 4.91. The van der Waals surface area contributed by atoms with Gasteiger partial charge >= 0.3 is 12.0 Å². The molecule has 19 heavy (non-hydrogen) atoms. The van der Waals surface area contributed by atoms with Crippen molar-refractivity contribution in [2.45, 2.75) is 32.2 Å². The van der Waals surface area contributed by atoms with Crippen LogP contribution in [0.1, 0.15) is 26.7 Å². The van der Waals surface area contributed by atoms with Crippen LogP contribution in [0.15, 0.2) is 24.3 Å². The van der Waals surface area contributed by atoms with E-state index < -0.39 is 17.5 Å². The van der Waals surface area contributed by atoms with Crippen molar-refractivity contribution in [3.8, 4) is 0 Å². The van der Waals surface area contributed by atoms with Crippen LogP contribution in [0, 0.1) is 5.82 Å². The molecule has 0 aliphatic heterocycles. The molecule has 1 aromatic carbocycles. The Kier molecular flexibility index (Phi) is 4.86. The van der Waals surface area contributed by atoms with Crippen LogP contribution < -0.4 is 10.6 Å². The Morgan fingerprint density at radius 1 is 1.26 bits per heavy atom. The van der Waals surface area contributed by atoms with Crippen molar-refractivity contribution in [2.24, 2.45) is 0 Å². The number of carbonyl (C=O) groups is 2. The highest BCUT2D eigenvalue weighted by Gasteiger charge is 2.21. The van der Waals surface area contributed by atoms with E-state index in [9.17, 15) is 14.0 Å². The summed E-state index contributed by atoms with van der Waals surface area (Å²) >= 11 is 0. The lowest BCUT2D eigenvalue weighted by molar-refractivity contribution is -0.137. The fraction of sp³-hybridized carbons (Fsp3) is 0.385. The van der Waals surface area contributed by atoms with Crippen LogP contribution in [-0.4, -0.2) is 22.6 Å². The van der Waals surface area contributed by atoms with E-state index in [-0.39, 0.29) is 12.2 Å². The molecule has 0 aliphatic carbocycles. The van der Waals surface area contributed by atoms with Gasteiger partial charge in [0.25, 0.3) is 0 Å². The van der Waals surface area contributed by atoms with Crippen LogP contribution in [0.3, 0.4) is 0 Å². The van der Waals surface area contributed by atoms with Crippen LogP contribution in [0.2, 0.25) is 0 Å². The number of hydrogen-bond donors (Lipinski definition) is 3. The van der Waals surface area contributed by atoms with E-state index >= 15 is 0 Å². The standard InChI is InChI=1S/C13H17FN2O3/c1-13(2,8-7-11(17)18)16-12(19)15-10-5-3-9(14)4-6-10/h3-6H,7-8H2,1-2H3,(H,17,18)(H2,15,16,19). The molecule has 104 valence electrons. The summed E-state index contributed by atoms with van der Waals surface area (Å²) in [5, 5.41) is 13.8. The Morgan fingerprint density at radius 2 is 1.84 bits per heavy atom. The number of nitrogens with one attached hydrogen (secondary N) is 2. The van der Waals surface area contributed by atoms with Gasteiger partial charge in [-0.1, -0.05) is 0 Å². The summed E-state index contributed by atoms with van der Waals surface area (Å²) in [5.74, 6) is -1.29. The quantitative estimate of drug-likeness (QED) is 0.768. The van der Waals surface area contributed by atoms with Crippen molar-refractivity contribution >= 4 is 17.7 Å². The highest BCUT2D eigenvalue weighted by atomic mass is 19.1. The van der Waals surface area contributed by atoms with Gasteiger partial charge in [-0.05, 0) is 44.5 Å². The molecule has 1 aromatic rings. The number of amides is 2. The molecule has 0 radical (unpaired) electrons. The third-order valence-electron chi connectivity index (χ3n) is 2.52. The number of anilines is 1. The SMILES string of the molecule is CC(C)(CCC(=O)O)NC(=O)Nc1ccc(F)cc1. The number of carbonyl (C=O) groups excluding carboxylic acids is 1. The lowest BCUT2D eigenvalue weighted by Crippen LogP contribution is -2.45. The second kappa shape index (κ2) is 6.17. The van der Waals surface area contributed by atoms with Crippen molar-refractivity contribution in [2.75, 3.05) is 5.32 Å². The van der Waals surface area contributed by atoms with Gasteiger partial charge in [-0.25, -0.2) is 9.18 Å². The molecule has 5 nitrogen and oxygen atoms in total. The molecule has 0 saturated carbocycles. The molecular formula is C13H17FN2O3. The lowest BCUT2D eigenvalue weighted by atomic mass is 9.99. The molecule has 0 aliphatic rings. The molecular weight excluding hydrogens is 251 g/mol. The number of urea groups is 1. The molecule has 0 saturated heterocycles. The fourth-order valence-corrected chi connectivity index (χ4v) is 1.48. The van der Waals surface area contributed by atoms with Crippen molar-refractivity contribution < 1.29 is 19.1 Å². The summed E-state index contributed by atoms with van der Waals surface area (Å²) in [5.41, 5.74) is -0.171. The summed E-state index contributed by atoms with van der Waals surface area (Å²) in [6.07, 6.45) is 0.295. The van der Waals surface area contributed by atoms with E-state index in [1.807, 2.05) is 0 Å². The second-order valence-corrected chi connectivity index (χ2v) is 4.86. The molecule has 3 N–H and O–H groups in total. The van der Waals surface area contributed by atoms with Gasteiger partial charge in [-0.15, -0.1) is 0 Å². The van der Waals surface area contributed by atoms with Gasteiger partial charge in [0.05, 0.1) is 0 Å². The van der Waals surface area contributed by atoms with Crippen LogP contribution in [0.25, 0.3) is 0 Å². The zero-order chi connectivity index (χ0) is 14.5. The third-order valence-corrected chi connectivity index (χ3v) is 2.52. The van der Waals surface area contributed by atoms with Gasteiger partial charge in [0, 0.05) is 17.6 Å². The first kappa shape index (κ1) is 14.9. The monoisotopic (exact) mass is 268 g/mol. The Labute approximate surface area is 110 Å². The molecule has 0 aromatic heterocycles. The largest absolute Gasteiger partial charge is 0.481 e. The first-order valence-corrected chi connectivity index (χ1v) is 5.85. The number of rotatable bonds is 5. The molecule has 0 atom stereocenters. The predicted molar refractivity (Wildman–Crippen MR) is 69.5 cm³/mol. The van der Waals surface area contributed by atoms with Gasteiger partial charge < -0.3 is 15.7 Å². The minimum Gasteiger partial charge on any atom is -0.481 e. The first-order valence-electron chi connectivity index (χ1n) is 5.85. The van der Waals surface area contributed by atoms with Crippen LogP contribution >= 0.6 is 0 Å². The summed E-state index contributed by atoms with van der Waals surface area (Å²) in [4.78, 5) is 22.2. The molecule has 0 unspecified atom stereocenters. The van der Waals surface area contributed by atoms with Gasteiger partial charge in [0.15, 0.2) is 0 Å². The number of carboxylic acids is 1. The normalized spacial score (nSPS) is 10.9. The second-order valence-electron chi connectivity index (χ2n) is 4.86. The molecule has 0 spiro atoms. The van der Waals surface area contributed by atoms with E-state index in [1.165, 1.54) is 24.3 Å². The maximum absolute atomic E-state index is 12.7. The van der Waals surface area contributed by atoms with E-state index in [1.54, 1.807) is 13.8 Å². The van der Waals surface area contributed by atoms with Gasteiger partial charge in [-0.3, -0.25) is 4.79 Å². The average Bonchev–Trinajstić information content (AvgIpc) is 2.29. The highest BCUT2D eigenvalue weighted by Crippen LogP contribution is 2.13. The number of hydrogen-bond acceptors (Lipinski definition) is 2. The Balaban J connectivity index is 2.50. The molecule has 1 rings (SSSR count). The van der Waals surface area contributed by atoms with Crippen LogP contribution in [0.4, 0.5) is 14.9 Å². The summed E-state index contributed by atoms with van der Waals surface area (Å²) in [6.45, 7) is 3.47. The summed E-state index contributed by atoms with van der Waals surface area (Å²) < 4.78 is 12.7. The zero-order valence-electron chi connectivity index (χ0n) is 10.9. The maximum atomic E-state index is 12.7. The molecule has 2 amide bonds. The van der Waals surface area contributed by atoms with Crippen LogP contribution in [0.5, 0.6) is 0 Å². The van der Waals surface area contributed by atoms with Gasteiger partial charge in [0.2, 0.25) is 0 Å². The molecule has 6 heteroatoms. The van der Waals surface area contributed by atoms with Crippen molar-refractivity contribution in [3.63, 3.8) is 0 Å². The minimum atomic E-state index is -0.909. The van der Waals surface area contributed by atoms with E-state index in [0.717, 1.165) is 0 Å².